The highest BCUT2D eigenvalue weighted by Crippen LogP contribution is 2.39. The fraction of sp³-hybridized carbons (Fsp3) is 0.429. The van der Waals surface area contributed by atoms with Crippen LogP contribution >= 0.6 is 0 Å². The summed E-state index contributed by atoms with van der Waals surface area (Å²) >= 11 is 0. The largest absolute Gasteiger partial charge is 0.466 e. The minimum absolute atomic E-state index is 0.0331. The molecule has 1 aliphatic rings. The summed E-state index contributed by atoms with van der Waals surface area (Å²) in [6, 6.07) is 8.64. The maximum absolute atomic E-state index is 13.5. The van der Waals surface area contributed by atoms with Gasteiger partial charge in [-0.25, -0.2) is 12.8 Å². The number of carbonyl (C=O) groups is 1. The number of esters is 1. The lowest BCUT2D eigenvalue weighted by molar-refractivity contribution is -0.144. The average molecular weight is 421 g/mol. The number of carbonyl (C=O) groups excluding carboxylic acids is 1. The van der Waals surface area contributed by atoms with E-state index in [1.54, 1.807) is 19.3 Å². The highest BCUT2D eigenvalue weighted by molar-refractivity contribution is 7.92. The second-order valence-corrected chi connectivity index (χ2v) is 9.60. The van der Waals surface area contributed by atoms with E-state index < -0.39 is 26.4 Å². The molecule has 8 heteroatoms. The van der Waals surface area contributed by atoms with E-state index in [0.717, 1.165) is 17.7 Å². The van der Waals surface area contributed by atoms with Gasteiger partial charge in [-0.3, -0.25) is 14.7 Å². The van der Waals surface area contributed by atoms with Gasteiger partial charge in [-0.15, -0.1) is 0 Å². The Hall–Kier alpha value is -2.32. The van der Waals surface area contributed by atoms with Gasteiger partial charge in [0.15, 0.2) is 9.84 Å². The molecule has 1 fully saturated rings. The molecule has 0 spiro atoms. The summed E-state index contributed by atoms with van der Waals surface area (Å²) in [5, 5.41) is 0. The molecule has 0 saturated carbocycles. The molecule has 1 aromatic carbocycles. The zero-order valence-electron chi connectivity index (χ0n) is 16.4. The van der Waals surface area contributed by atoms with E-state index in [9.17, 15) is 17.6 Å². The molecule has 0 unspecified atom stereocenters. The predicted octanol–water partition coefficient (Wildman–Crippen LogP) is 2.98. The van der Waals surface area contributed by atoms with Crippen LogP contribution in [0.3, 0.4) is 0 Å². The van der Waals surface area contributed by atoms with E-state index >= 15 is 0 Å². The fourth-order valence-corrected chi connectivity index (χ4v) is 5.77. The van der Waals surface area contributed by atoms with Crippen LogP contribution in [0, 0.1) is 5.82 Å². The van der Waals surface area contributed by atoms with Crippen molar-refractivity contribution < 1.29 is 22.3 Å². The van der Waals surface area contributed by atoms with E-state index in [0.29, 0.717) is 32.5 Å². The molecule has 0 bridgehead atoms. The first-order valence-electron chi connectivity index (χ1n) is 9.63. The van der Waals surface area contributed by atoms with E-state index in [2.05, 4.69) is 9.88 Å². The summed E-state index contributed by atoms with van der Waals surface area (Å²) in [5.74, 6) is -1.03. The quantitative estimate of drug-likeness (QED) is 0.506. The number of rotatable bonds is 7. The molecule has 2 aromatic rings. The van der Waals surface area contributed by atoms with Crippen molar-refractivity contribution in [3.05, 3.63) is 60.2 Å². The van der Waals surface area contributed by atoms with E-state index in [1.165, 1.54) is 12.1 Å². The number of piperidine rings is 1. The van der Waals surface area contributed by atoms with Gasteiger partial charge in [0.05, 0.1) is 22.7 Å². The first kappa shape index (κ1) is 21.4. The number of nitrogens with zero attached hydrogens (tertiary/aromatic N) is 2. The van der Waals surface area contributed by atoms with Crippen LogP contribution < -0.4 is 0 Å². The minimum atomic E-state index is -3.85. The van der Waals surface area contributed by atoms with Crippen LogP contribution in [0.25, 0.3) is 0 Å². The van der Waals surface area contributed by atoms with Crippen molar-refractivity contribution in [3.8, 4) is 0 Å². The van der Waals surface area contributed by atoms with Crippen LogP contribution in [0.4, 0.5) is 4.39 Å². The van der Waals surface area contributed by atoms with Crippen LogP contribution in [0.1, 0.15) is 31.7 Å². The Balaban J connectivity index is 1.83. The molecular weight excluding hydrogens is 395 g/mol. The molecule has 0 atom stereocenters. The number of halogens is 1. The SMILES string of the molecule is CCOC(=O)CC1(S(=O)(=O)c2ccc(F)cc2)CCN(Cc2ccncc2)CC1. The van der Waals surface area contributed by atoms with Gasteiger partial charge in [0.25, 0.3) is 0 Å². The zero-order chi connectivity index (χ0) is 20.9. The fourth-order valence-electron chi connectivity index (χ4n) is 3.74. The Kier molecular flexibility index (Phi) is 6.64. The van der Waals surface area contributed by atoms with Crippen molar-refractivity contribution in [1.82, 2.24) is 9.88 Å². The van der Waals surface area contributed by atoms with Gasteiger partial charge < -0.3 is 4.74 Å². The van der Waals surface area contributed by atoms with Crippen LogP contribution in [-0.2, 0) is 25.9 Å². The number of pyridine rings is 1. The summed E-state index contributed by atoms with van der Waals surface area (Å²) in [4.78, 5) is 18.5. The number of aromatic nitrogens is 1. The summed E-state index contributed by atoms with van der Waals surface area (Å²) in [5.41, 5.74) is 1.10. The Morgan fingerprint density at radius 3 is 2.34 bits per heavy atom. The lowest BCUT2D eigenvalue weighted by Gasteiger charge is -2.40. The third-order valence-corrected chi connectivity index (χ3v) is 7.97. The van der Waals surface area contributed by atoms with Gasteiger partial charge in [0.2, 0.25) is 0 Å². The van der Waals surface area contributed by atoms with E-state index in [1.807, 2.05) is 12.1 Å². The lowest BCUT2D eigenvalue weighted by Crippen LogP contribution is -2.50. The number of hydrogen-bond donors (Lipinski definition) is 0. The highest BCUT2D eigenvalue weighted by Gasteiger charge is 2.48. The molecule has 1 saturated heterocycles. The zero-order valence-corrected chi connectivity index (χ0v) is 17.2. The first-order valence-corrected chi connectivity index (χ1v) is 11.1. The van der Waals surface area contributed by atoms with Gasteiger partial charge in [-0.1, -0.05) is 0 Å². The van der Waals surface area contributed by atoms with Gasteiger partial charge in [-0.2, -0.15) is 0 Å². The summed E-state index contributed by atoms with van der Waals surface area (Å²) in [6.45, 7) is 3.63. The predicted molar refractivity (Wildman–Crippen MR) is 106 cm³/mol. The number of hydrogen-bond acceptors (Lipinski definition) is 6. The maximum Gasteiger partial charge on any atom is 0.307 e. The molecule has 2 heterocycles. The van der Waals surface area contributed by atoms with Gasteiger partial charge >= 0.3 is 5.97 Å². The summed E-state index contributed by atoms with van der Waals surface area (Å²) < 4.78 is 44.0. The topological polar surface area (TPSA) is 76.6 Å². The van der Waals surface area contributed by atoms with Crippen LogP contribution in [0.2, 0.25) is 0 Å². The van der Waals surface area contributed by atoms with Crippen LogP contribution in [-0.4, -0.2) is 48.7 Å². The molecule has 29 heavy (non-hydrogen) atoms. The van der Waals surface area contributed by atoms with Crippen molar-refractivity contribution in [2.75, 3.05) is 19.7 Å². The maximum atomic E-state index is 13.5. The molecule has 1 aromatic heterocycles. The number of ether oxygens (including phenoxy) is 1. The van der Waals surface area contributed by atoms with Crippen LogP contribution in [0.15, 0.2) is 53.7 Å². The van der Waals surface area contributed by atoms with E-state index in [4.69, 9.17) is 4.74 Å². The van der Waals surface area contributed by atoms with Crippen molar-refractivity contribution in [2.45, 2.75) is 42.4 Å². The molecule has 0 aliphatic carbocycles. The smallest absolute Gasteiger partial charge is 0.307 e. The molecule has 0 radical (unpaired) electrons. The standard InChI is InChI=1S/C21H25FN2O4S/c1-2-28-20(25)15-21(29(26,27)19-5-3-18(22)4-6-19)9-13-24(14-10-21)16-17-7-11-23-12-8-17/h3-8,11-12H,2,9-10,13-16H2,1H3. The normalized spacial score (nSPS) is 17.0. The molecule has 156 valence electrons. The second-order valence-electron chi connectivity index (χ2n) is 7.25. The molecule has 0 amide bonds. The Labute approximate surface area is 170 Å². The summed E-state index contributed by atoms with van der Waals surface area (Å²) in [7, 11) is -3.85. The summed E-state index contributed by atoms with van der Waals surface area (Å²) in [6.07, 6.45) is 3.85. The van der Waals surface area contributed by atoms with Gasteiger partial charge in [0, 0.05) is 32.0 Å². The van der Waals surface area contributed by atoms with Gasteiger partial charge in [0.1, 0.15) is 5.82 Å². The Morgan fingerprint density at radius 2 is 1.76 bits per heavy atom. The first-order chi connectivity index (χ1) is 13.9. The molecule has 1 aliphatic heterocycles. The highest BCUT2D eigenvalue weighted by atomic mass is 32.2. The van der Waals surface area contributed by atoms with Gasteiger partial charge in [-0.05, 0) is 61.7 Å². The number of sulfone groups is 1. The second kappa shape index (κ2) is 9.00. The molecule has 3 rings (SSSR count). The number of benzene rings is 1. The van der Waals surface area contributed by atoms with E-state index in [-0.39, 0.29) is 17.9 Å². The Morgan fingerprint density at radius 1 is 1.14 bits per heavy atom. The van der Waals surface area contributed by atoms with Crippen molar-refractivity contribution in [1.29, 1.82) is 0 Å². The van der Waals surface area contributed by atoms with Crippen molar-refractivity contribution in [3.63, 3.8) is 0 Å². The van der Waals surface area contributed by atoms with Crippen LogP contribution in [0.5, 0.6) is 0 Å². The monoisotopic (exact) mass is 420 g/mol. The minimum Gasteiger partial charge on any atom is -0.466 e. The number of likely N-dealkylation sites (tertiary alicyclic amines) is 1. The Bertz CT molecular complexity index is 925. The average Bonchev–Trinajstić information content (AvgIpc) is 2.71. The third kappa shape index (κ3) is 4.82. The van der Waals surface area contributed by atoms with Crippen molar-refractivity contribution in [2.24, 2.45) is 0 Å². The molecule has 0 N–H and O–H groups in total. The molecule has 6 nitrogen and oxygen atoms in total. The third-order valence-electron chi connectivity index (χ3n) is 5.39. The lowest BCUT2D eigenvalue weighted by atomic mass is 9.92. The van der Waals surface area contributed by atoms with Crippen molar-refractivity contribution >= 4 is 15.8 Å². The molecular formula is C21H25FN2O4S.